The molecule has 270 valence electrons. The van der Waals surface area contributed by atoms with Crippen molar-refractivity contribution in [3.8, 4) is 66.8 Å². The quantitative estimate of drug-likeness (QED) is 0.118. The Morgan fingerprint density at radius 2 is 0.586 bits per heavy atom. The van der Waals surface area contributed by atoms with Crippen molar-refractivity contribution in [1.29, 1.82) is 0 Å². The highest BCUT2D eigenvalue weighted by molar-refractivity contribution is 6.22. The molecule has 0 atom stereocenters. The highest BCUT2D eigenvalue weighted by Gasteiger charge is 2.20. The zero-order valence-electron chi connectivity index (χ0n) is 31.9. The molecule has 0 saturated heterocycles. The molecule has 0 heteroatoms. The molecule has 0 aliphatic carbocycles. The second kappa shape index (κ2) is 14.2. The molecule has 0 aliphatic heterocycles. The number of hydrogen-bond donors (Lipinski definition) is 0. The molecule has 0 aromatic heterocycles. The normalized spacial score (nSPS) is 11.4. The van der Waals surface area contributed by atoms with E-state index in [1.54, 1.807) is 0 Å². The maximum atomic E-state index is 2.46. The highest BCUT2D eigenvalue weighted by atomic mass is 14.2. The van der Waals surface area contributed by atoms with Crippen LogP contribution in [0.25, 0.3) is 110 Å². The van der Waals surface area contributed by atoms with E-state index in [9.17, 15) is 0 Å². The van der Waals surface area contributed by atoms with E-state index in [1.807, 2.05) is 0 Å². The van der Waals surface area contributed by atoms with E-state index in [0.717, 1.165) is 0 Å². The van der Waals surface area contributed by atoms with Gasteiger partial charge < -0.3 is 0 Å². The molecular formula is C58H38. The van der Waals surface area contributed by atoms with E-state index in [4.69, 9.17) is 0 Å². The molecule has 11 rings (SSSR count). The van der Waals surface area contributed by atoms with E-state index in [0.29, 0.717) is 0 Å². The summed E-state index contributed by atoms with van der Waals surface area (Å²) in [5.74, 6) is 0. The van der Waals surface area contributed by atoms with Crippen LogP contribution in [0.5, 0.6) is 0 Å². The van der Waals surface area contributed by atoms with Crippen LogP contribution < -0.4 is 0 Å². The molecule has 0 amide bonds. The fourth-order valence-electron chi connectivity index (χ4n) is 9.23. The van der Waals surface area contributed by atoms with Crippen molar-refractivity contribution in [2.45, 2.75) is 0 Å². The van der Waals surface area contributed by atoms with E-state index in [1.165, 1.54) is 110 Å². The average Bonchev–Trinajstić information content (AvgIpc) is 3.31. The topological polar surface area (TPSA) is 0 Å². The molecule has 0 aliphatic rings. The maximum absolute atomic E-state index is 2.46. The third-order valence-electron chi connectivity index (χ3n) is 11.9. The molecule has 0 bridgehead atoms. The van der Waals surface area contributed by atoms with Crippen LogP contribution in [0.2, 0.25) is 0 Å². The van der Waals surface area contributed by atoms with Gasteiger partial charge in [0.1, 0.15) is 0 Å². The van der Waals surface area contributed by atoms with Gasteiger partial charge in [-0.1, -0.05) is 218 Å². The van der Waals surface area contributed by atoms with Gasteiger partial charge in [-0.05, 0) is 122 Å². The van der Waals surface area contributed by atoms with Crippen molar-refractivity contribution in [1.82, 2.24) is 0 Å². The van der Waals surface area contributed by atoms with E-state index >= 15 is 0 Å². The fraction of sp³-hybridized carbons (Fsp3) is 0. The lowest BCUT2D eigenvalue weighted by molar-refractivity contribution is 1.56. The monoisotopic (exact) mass is 734 g/mol. The zero-order chi connectivity index (χ0) is 38.4. The number of fused-ring (bicyclic) bond motifs is 5. The van der Waals surface area contributed by atoms with Crippen LogP contribution >= 0.6 is 0 Å². The van der Waals surface area contributed by atoms with Gasteiger partial charge in [0.2, 0.25) is 0 Å². The number of hydrogen-bond acceptors (Lipinski definition) is 0. The lowest BCUT2D eigenvalue weighted by Crippen LogP contribution is -1.94. The van der Waals surface area contributed by atoms with Gasteiger partial charge in [-0.3, -0.25) is 0 Å². The van der Waals surface area contributed by atoms with Gasteiger partial charge in [0, 0.05) is 0 Å². The Balaban J connectivity index is 1.19. The smallest absolute Gasteiger partial charge is 0.00261 e. The first-order chi connectivity index (χ1) is 28.8. The molecule has 0 saturated carbocycles. The third kappa shape index (κ3) is 5.69. The molecule has 0 radical (unpaired) electrons. The summed E-state index contributed by atoms with van der Waals surface area (Å²) < 4.78 is 0. The van der Waals surface area contributed by atoms with Crippen molar-refractivity contribution in [3.63, 3.8) is 0 Å². The molecule has 58 heavy (non-hydrogen) atoms. The summed E-state index contributed by atoms with van der Waals surface area (Å²) in [7, 11) is 0. The molecule has 0 unspecified atom stereocenters. The Morgan fingerprint density at radius 1 is 0.172 bits per heavy atom. The Morgan fingerprint density at radius 3 is 1.21 bits per heavy atom. The van der Waals surface area contributed by atoms with Crippen LogP contribution in [0.3, 0.4) is 0 Å². The second-order valence-electron chi connectivity index (χ2n) is 15.1. The molecule has 0 spiro atoms. The van der Waals surface area contributed by atoms with Crippen LogP contribution in [0, 0.1) is 0 Å². The van der Waals surface area contributed by atoms with Crippen LogP contribution in [-0.2, 0) is 0 Å². The minimum absolute atomic E-state index is 1.19. The summed E-state index contributed by atoms with van der Waals surface area (Å²) in [4.78, 5) is 0. The molecule has 0 nitrogen and oxygen atoms in total. The molecule has 0 heterocycles. The maximum Gasteiger partial charge on any atom is -0.00261 e. The molecule has 0 fully saturated rings. The van der Waals surface area contributed by atoms with Gasteiger partial charge in [0.25, 0.3) is 0 Å². The van der Waals surface area contributed by atoms with E-state index < -0.39 is 0 Å². The van der Waals surface area contributed by atoms with Gasteiger partial charge in [-0.2, -0.15) is 0 Å². The summed E-state index contributed by atoms with van der Waals surface area (Å²) in [6.07, 6.45) is 0. The number of rotatable bonds is 6. The van der Waals surface area contributed by atoms with Crippen LogP contribution in [0.15, 0.2) is 231 Å². The first-order valence-electron chi connectivity index (χ1n) is 20.1. The van der Waals surface area contributed by atoms with Crippen LogP contribution in [-0.4, -0.2) is 0 Å². The predicted molar refractivity (Wildman–Crippen MR) is 249 cm³/mol. The second-order valence-corrected chi connectivity index (χ2v) is 15.1. The highest BCUT2D eigenvalue weighted by Crippen LogP contribution is 2.47. The Hall–Kier alpha value is -7.54. The summed E-state index contributed by atoms with van der Waals surface area (Å²) in [5.41, 5.74) is 14.7. The fourth-order valence-corrected chi connectivity index (χ4v) is 9.23. The van der Waals surface area contributed by atoms with Gasteiger partial charge in [-0.15, -0.1) is 0 Å². The van der Waals surface area contributed by atoms with Crippen molar-refractivity contribution in [2.75, 3.05) is 0 Å². The van der Waals surface area contributed by atoms with E-state index in [-0.39, 0.29) is 0 Å². The standard InChI is InChI=1S/C58H38/c1-3-17-39(18-4-1)40-31-33-41(34-32-40)46-36-35-44(58-53-29-15-13-27-51(53)57(42-19-5-2-6-20-42)52-28-14-16-30-54(52)58)38-55(46)49-25-11-12-26-50(49)56-37-43-21-7-8-22-45(43)47-23-9-10-24-48(47)56/h1-38H. The number of benzene rings is 11. The largest absolute Gasteiger partial charge is 0.0622 e. The predicted octanol–water partition coefficient (Wildman–Crippen LogP) is 16.3. The molecule has 11 aromatic rings. The van der Waals surface area contributed by atoms with Crippen molar-refractivity contribution in [2.24, 2.45) is 0 Å². The first-order valence-corrected chi connectivity index (χ1v) is 20.1. The minimum atomic E-state index is 1.19. The Bertz CT molecular complexity index is 3240. The lowest BCUT2D eigenvalue weighted by atomic mass is 9.82. The molecule has 11 aromatic carbocycles. The zero-order valence-corrected chi connectivity index (χ0v) is 31.9. The Kier molecular flexibility index (Phi) is 8.26. The molecule has 0 N–H and O–H groups in total. The minimum Gasteiger partial charge on any atom is -0.0622 e. The third-order valence-corrected chi connectivity index (χ3v) is 11.9. The summed E-state index contributed by atoms with van der Waals surface area (Å²) in [6.45, 7) is 0. The van der Waals surface area contributed by atoms with Crippen molar-refractivity contribution < 1.29 is 0 Å². The average molecular weight is 735 g/mol. The summed E-state index contributed by atoms with van der Waals surface area (Å²) in [6, 6.07) is 84.6. The van der Waals surface area contributed by atoms with Gasteiger partial charge >= 0.3 is 0 Å². The summed E-state index contributed by atoms with van der Waals surface area (Å²) >= 11 is 0. The lowest BCUT2D eigenvalue weighted by Gasteiger charge is -2.21. The van der Waals surface area contributed by atoms with Crippen molar-refractivity contribution in [3.05, 3.63) is 231 Å². The van der Waals surface area contributed by atoms with Crippen LogP contribution in [0.4, 0.5) is 0 Å². The van der Waals surface area contributed by atoms with E-state index in [2.05, 4.69) is 231 Å². The summed E-state index contributed by atoms with van der Waals surface area (Å²) in [5, 5.41) is 10.1. The molecular weight excluding hydrogens is 697 g/mol. The van der Waals surface area contributed by atoms with Crippen LogP contribution in [0.1, 0.15) is 0 Å². The Labute approximate surface area is 339 Å². The van der Waals surface area contributed by atoms with Gasteiger partial charge in [-0.25, -0.2) is 0 Å². The van der Waals surface area contributed by atoms with Gasteiger partial charge in [0.15, 0.2) is 0 Å². The van der Waals surface area contributed by atoms with Gasteiger partial charge in [0.05, 0.1) is 0 Å². The van der Waals surface area contributed by atoms with Crippen molar-refractivity contribution >= 4 is 43.1 Å². The SMILES string of the molecule is c1ccc(-c2ccc(-c3ccc(-c4c5ccccc5c(-c5ccccc5)c5ccccc45)cc3-c3ccccc3-c3cc4ccccc4c4ccccc34)cc2)cc1. The first kappa shape index (κ1) is 33.8.